The average molecular weight is 324 g/mol. The lowest BCUT2D eigenvalue weighted by Crippen LogP contribution is -2.18. The van der Waals surface area contributed by atoms with Gasteiger partial charge in [0, 0.05) is 0 Å². The van der Waals surface area contributed by atoms with Crippen LogP contribution < -0.4 is 0 Å². The number of rotatable bonds is 6. The second-order valence-corrected chi connectivity index (χ2v) is 7.36. The van der Waals surface area contributed by atoms with E-state index in [9.17, 15) is 9.90 Å². The maximum atomic E-state index is 12.3. The highest BCUT2D eigenvalue weighted by Crippen LogP contribution is 2.38. The van der Waals surface area contributed by atoms with Crippen LogP contribution in [0.25, 0.3) is 0 Å². The maximum absolute atomic E-state index is 12.3. The minimum Gasteiger partial charge on any atom is -0.468 e. The van der Waals surface area contributed by atoms with E-state index in [4.69, 9.17) is 9.47 Å². The topological polar surface area (TPSA) is 55.8 Å². The molecule has 0 heterocycles. The molecule has 0 saturated heterocycles. The summed E-state index contributed by atoms with van der Waals surface area (Å²) in [6, 6.07) is 0. The van der Waals surface area contributed by atoms with Crippen LogP contribution in [0.15, 0.2) is 23.5 Å². The molecule has 0 spiro atoms. The van der Waals surface area contributed by atoms with Gasteiger partial charge in [-0.2, -0.15) is 0 Å². The molecule has 1 fully saturated rings. The Balaban J connectivity index is 2.87. The van der Waals surface area contributed by atoms with E-state index in [1.54, 1.807) is 13.0 Å². The van der Waals surface area contributed by atoms with E-state index >= 15 is 0 Å². The van der Waals surface area contributed by atoms with Gasteiger partial charge in [-0.3, -0.25) is 0 Å². The molecule has 1 rings (SSSR count). The Bertz CT molecular complexity index is 444. The molecule has 23 heavy (non-hydrogen) atoms. The monoisotopic (exact) mass is 324 g/mol. The summed E-state index contributed by atoms with van der Waals surface area (Å²) >= 11 is 0. The predicted octanol–water partition coefficient (Wildman–Crippen LogP) is 4.34. The van der Waals surface area contributed by atoms with Crippen LogP contribution in [0.5, 0.6) is 0 Å². The number of hydrogen-bond donors (Lipinski definition) is 1. The first-order valence-corrected chi connectivity index (χ1v) is 8.61. The van der Waals surface area contributed by atoms with Gasteiger partial charge in [0.05, 0.1) is 18.4 Å². The summed E-state index contributed by atoms with van der Waals surface area (Å²) in [5, 5.41) is 9.82. The van der Waals surface area contributed by atoms with Gasteiger partial charge >= 0.3 is 5.97 Å². The molecule has 1 aliphatic rings. The van der Waals surface area contributed by atoms with Crippen LogP contribution in [0.2, 0.25) is 0 Å². The Morgan fingerprint density at radius 1 is 1.30 bits per heavy atom. The number of ether oxygens (including phenoxy) is 2. The van der Waals surface area contributed by atoms with Gasteiger partial charge in [-0.15, -0.1) is 0 Å². The van der Waals surface area contributed by atoms with E-state index in [0.29, 0.717) is 17.6 Å². The third kappa shape index (κ3) is 7.21. The summed E-state index contributed by atoms with van der Waals surface area (Å²) in [4.78, 5) is 12.3. The van der Waals surface area contributed by atoms with Crippen LogP contribution >= 0.6 is 0 Å². The Labute approximate surface area is 140 Å². The lowest BCUT2D eigenvalue weighted by Gasteiger charge is -2.22. The first kappa shape index (κ1) is 19.8. The van der Waals surface area contributed by atoms with Crippen molar-refractivity contribution in [3.63, 3.8) is 0 Å². The van der Waals surface area contributed by atoms with Crippen LogP contribution in [0, 0.1) is 11.3 Å². The molecule has 4 heteroatoms. The molecule has 0 amide bonds. The molecule has 0 aliphatic heterocycles. The highest BCUT2D eigenvalue weighted by Gasteiger charge is 2.29. The summed E-state index contributed by atoms with van der Waals surface area (Å²) < 4.78 is 10.5. The molecule has 0 aromatic rings. The van der Waals surface area contributed by atoms with Crippen molar-refractivity contribution in [1.82, 2.24) is 0 Å². The highest BCUT2D eigenvalue weighted by atomic mass is 16.6. The highest BCUT2D eigenvalue weighted by molar-refractivity contribution is 5.88. The van der Waals surface area contributed by atoms with Crippen LogP contribution in [0.4, 0.5) is 0 Å². The normalized spacial score (nSPS) is 22.7. The molecule has 2 atom stereocenters. The second kappa shape index (κ2) is 9.11. The fourth-order valence-corrected chi connectivity index (χ4v) is 2.97. The van der Waals surface area contributed by atoms with Crippen LogP contribution in [0.1, 0.15) is 66.7 Å². The van der Waals surface area contributed by atoms with Gasteiger partial charge in [-0.1, -0.05) is 25.8 Å². The fourth-order valence-electron chi connectivity index (χ4n) is 2.97. The van der Waals surface area contributed by atoms with Gasteiger partial charge in [-0.25, -0.2) is 4.79 Å². The third-order valence-electron chi connectivity index (χ3n) is 4.34. The van der Waals surface area contributed by atoms with Gasteiger partial charge in [0.15, 0.2) is 0 Å². The van der Waals surface area contributed by atoms with E-state index in [1.807, 2.05) is 13.8 Å². The minimum atomic E-state index is -1.04. The summed E-state index contributed by atoms with van der Waals surface area (Å²) in [6.07, 6.45) is 7.21. The first-order chi connectivity index (χ1) is 10.7. The van der Waals surface area contributed by atoms with Crippen molar-refractivity contribution in [2.24, 2.45) is 11.3 Å². The van der Waals surface area contributed by atoms with Crippen molar-refractivity contribution in [3.8, 4) is 0 Å². The maximum Gasteiger partial charge on any atom is 0.337 e. The van der Waals surface area contributed by atoms with Crippen molar-refractivity contribution < 1.29 is 19.4 Å². The zero-order valence-electron chi connectivity index (χ0n) is 15.2. The standard InChI is InChI=1S/C19H32O4/c1-6-22-18(21)16(13-23-17(20)12-14(2)3)15-8-7-10-19(4,5)11-9-15/h12-13,15,17,20H,6-11H2,1-5H3/b16-13+. The molecular weight excluding hydrogens is 292 g/mol. The van der Waals surface area contributed by atoms with E-state index < -0.39 is 6.29 Å². The molecule has 0 bridgehead atoms. The van der Waals surface area contributed by atoms with Gasteiger partial charge in [0.25, 0.3) is 0 Å². The van der Waals surface area contributed by atoms with Gasteiger partial charge in [0.1, 0.15) is 0 Å². The number of allylic oxidation sites excluding steroid dienone is 1. The Morgan fingerprint density at radius 3 is 2.61 bits per heavy atom. The molecule has 1 saturated carbocycles. The zero-order chi connectivity index (χ0) is 17.5. The zero-order valence-corrected chi connectivity index (χ0v) is 15.2. The molecule has 2 unspecified atom stereocenters. The number of aliphatic hydroxyl groups is 1. The SMILES string of the molecule is CCOC(=O)/C(=C/OC(O)C=C(C)C)C1CCCC(C)(C)CC1. The summed E-state index contributed by atoms with van der Waals surface area (Å²) in [6.45, 7) is 10.5. The Morgan fingerprint density at radius 2 is 2.00 bits per heavy atom. The predicted molar refractivity (Wildman–Crippen MR) is 91.6 cm³/mol. The van der Waals surface area contributed by atoms with Crippen molar-refractivity contribution in [1.29, 1.82) is 0 Å². The van der Waals surface area contributed by atoms with Crippen molar-refractivity contribution in [3.05, 3.63) is 23.5 Å². The van der Waals surface area contributed by atoms with Crippen LogP contribution in [-0.4, -0.2) is 24.0 Å². The third-order valence-corrected chi connectivity index (χ3v) is 4.34. The molecule has 4 nitrogen and oxygen atoms in total. The number of carbonyl (C=O) groups is 1. The van der Waals surface area contributed by atoms with Gasteiger partial charge in [0.2, 0.25) is 6.29 Å². The molecule has 0 aromatic heterocycles. The lowest BCUT2D eigenvalue weighted by molar-refractivity contribution is -0.139. The van der Waals surface area contributed by atoms with E-state index in [0.717, 1.165) is 31.3 Å². The Hall–Kier alpha value is -1.29. The van der Waals surface area contributed by atoms with E-state index in [2.05, 4.69) is 13.8 Å². The molecule has 0 radical (unpaired) electrons. The molecular formula is C19H32O4. The number of carbonyl (C=O) groups excluding carboxylic acids is 1. The average Bonchev–Trinajstić information content (AvgIpc) is 2.60. The van der Waals surface area contributed by atoms with Crippen LogP contribution in [-0.2, 0) is 14.3 Å². The minimum absolute atomic E-state index is 0.134. The lowest BCUT2D eigenvalue weighted by atomic mass is 9.84. The van der Waals surface area contributed by atoms with E-state index in [1.165, 1.54) is 12.7 Å². The first-order valence-electron chi connectivity index (χ1n) is 8.61. The number of aliphatic hydroxyl groups excluding tert-OH is 1. The Kier molecular flexibility index (Phi) is 7.83. The smallest absolute Gasteiger partial charge is 0.337 e. The summed E-state index contributed by atoms with van der Waals surface area (Å²) in [7, 11) is 0. The summed E-state index contributed by atoms with van der Waals surface area (Å²) in [5.41, 5.74) is 1.82. The molecule has 132 valence electrons. The van der Waals surface area contributed by atoms with Gasteiger partial charge < -0.3 is 14.6 Å². The number of esters is 1. The second-order valence-electron chi connectivity index (χ2n) is 7.36. The van der Waals surface area contributed by atoms with E-state index in [-0.39, 0.29) is 11.9 Å². The largest absolute Gasteiger partial charge is 0.468 e. The molecule has 1 N–H and O–H groups in total. The van der Waals surface area contributed by atoms with Crippen LogP contribution in [0.3, 0.4) is 0 Å². The van der Waals surface area contributed by atoms with Gasteiger partial charge in [-0.05, 0) is 63.9 Å². The molecule has 0 aromatic carbocycles. The number of hydrogen-bond acceptors (Lipinski definition) is 4. The van der Waals surface area contributed by atoms with Crippen molar-refractivity contribution >= 4 is 5.97 Å². The van der Waals surface area contributed by atoms with Crippen molar-refractivity contribution in [2.45, 2.75) is 73.0 Å². The fraction of sp³-hybridized carbons (Fsp3) is 0.737. The molecule has 1 aliphatic carbocycles. The quantitative estimate of drug-likeness (QED) is 0.197. The summed E-state index contributed by atoms with van der Waals surface area (Å²) in [5.74, 6) is -0.198. The van der Waals surface area contributed by atoms with Crippen molar-refractivity contribution in [2.75, 3.05) is 6.61 Å².